The van der Waals surface area contributed by atoms with Crippen molar-refractivity contribution in [3.05, 3.63) is 28.5 Å². The molecule has 0 radical (unpaired) electrons. The molecule has 5 nitrogen and oxygen atoms in total. The Kier molecular flexibility index (Phi) is 3.20. The minimum atomic E-state index is -3.61. The molecule has 1 aliphatic rings. The standard InChI is InChI=1S/C10H10ClFN2O3S/c11-5-3-7(12)9(10(13)15)8(4-5)14-18(16,17)6-1-2-6/h3-4,6,14H,1-2H2,(H2,13,15). The second kappa shape index (κ2) is 4.40. The first-order valence-electron chi connectivity index (χ1n) is 5.12. The van der Waals surface area contributed by atoms with Gasteiger partial charge in [0.15, 0.2) is 0 Å². The molecule has 1 aromatic carbocycles. The fourth-order valence-electron chi connectivity index (χ4n) is 1.52. The smallest absolute Gasteiger partial charge is 0.253 e. The molecule has 0 aliphatic heterocycles. The SMILES string of the molecule is NC(=O)c1c(F)cc(Cl)cc1NS(=O)(=O)C1CC1. The van der Waals surface area contributed by atoms with Crippen molar-refractivity contribution in [2.45, 2.75) is 18.1 Å². The number of halogens is 2. The van der Waals surface area contributed by atoms with Gasteiger partial charge in [0.25, 0.3) is 5.91 Å². The lowest BCUT2D eigenvalue weighted by atomic mass is 10.1. The summed E-state index contributed by atoms with van der Waals surface area (Å²) in [5.74, 6) is -2.01. The summed E-state index contributed by atoms with van der Waals surface area (Å²) in [6.07, 6.45) is 1.09. The quantitative estimate of drug-likeness (QED) is 0.881. The lowest BCUT2D eigenvalue weighted by Crippen LogP contribution is -2.22. The molecule has 0 spiro atoms. The van der Waals surface area contributed by atoms with Gasteiger partial charge in [-0.15, -0.1) is 0 Å². The molecule has 1 fully saturated rings. The average Bonchev–Trinajstić information content (AvgIpc) is 2.96. The second-order valence-corrected chi connectivity index (χ2v) is 6.42. The molecule has 0 saturated heterocycles. The van der Waals surface area contributed by atoms with Crippen LogP contribution >= 0.6 is 11.6 Å². The molecule has 8 heteroatoms. The maximum Gasteiger partial charge on any atom is 0.253 e. The molecule has 18 heavy (non-hydrogen) atoms. The van der Waals surface area contributed by atoms with Crippen LogP contribution in [-0.2, 0) is 10.0 Å². The van der Waals surface area contributed by atoms with Gasteiger partial charge < -0.3 is 5.73 Å². The van der Waals surface area contributed by atoms with Gasteiger partial charge >= 0.3 is 0 Å². The Bertz CT molecular complexity index is 614. The summed E-state index contributed by atoms with van der Waals surface area (Å²) < 4.78 is 39.2. The predicted octanol–water partition coefficient (Wildman–Crippen LogP) is 1.48. The first-order valence-corrected chi connectivity index (χ1v) is 7.04. The highest BCUT2D eigenvalue weighted by atomic mass is 35.5. The minimum absolute atomic E-state index is 0.0222. The first-order chi connectivity index (χ1) is 8.31. The summed E-state index contributed by atoms with van der Waals surface area (Å²) in [5.41, 5.74) is 4.29. The third kappa shape index (κ3) is 2.56. The van der Waals surface area contributed by atoms with Gasteiger partial charge in [0.2, 0.25) is 10.0 Å². The van der Waals surface area contributed by atoms with E-state index < -0.39 is 32.6 Å². The van der Waals surface area contributed by atoms with E-state index in [9.17, 15) is 17.6 Å². The van der Waals surface area contributed by atoms with E-state index in [1.165, 1.54) is 0 Å². The molecule has 98 valence electrons. The number of nitrogens with two attached hydrogens (primary N) is 1. The highest BCUT2D eigenvalue weighted by Gasteiger charge is 2.36. The van der Waals surface area contributed by atoms with Gasteiger partial charge in [-0.1, -0.05) is 11.6 Å². The lowest BCUT2D eigenvalue weighted by Gasteiger charge is -2.11. The predicted molar refractivity (Wildman–Crippen MR) is 65.5 cm³/mol. The van der Waals surface area contributed by atoms with Crippen molar-refractivity contribution in [2.75, 3.05) is 4.72 Å². The molecule has 0 atom stereocenters. The van der Waals surface area contributed by atoms with Crippen molar-refractivity contribution in [1.29, 1.82) is 0 Å². The number of nitrogens with one attached hydrogen (secondary N) is 1. The van der Waals surface area contributed by atoms with Gasteiger partial charge in [-0.05, 0) is 25.0 Å². The summed E-state index contributed by atoms with van der Waals surface area (Å²) in [6, 6.07) is 2.06. The molecule has 1 aliphatic carbocycles. The van der Waals surface area contributed by atoms with Crippen LogP contribution in [0, 0.1) is 5.82 Å². The van der Waals surface area contributed by atoms with Crippen LogP contribution < -0.4 is 10.5 Å². The molecule has 3 N–H and O–H groups in total. The number of amides is 1. The van der Waals surface area contributed by atoms with Crippen LogP contribution in [0.15, 0.2) is 12.1 Å². The first kappa shape index (κ1) is 13.1. The zero-order valence-electron chi connectivity index (χ0n) is 9.11. The molecule has 0 bridgehead atoms. The summed E-state index contributed by atoms with van der Waals surface area (Å²) >= 11 is 5.62. The zero-order chi connectivity index (χ0) is 13.5. The normalized spacial score (nSPS) is 15.4. The van der Waals surface area contributed by atoms with Crippen molar-refractivity contribution in [2.24, 2.45) is 5.73 Å². The molecule has 0 unspecified atom stereocenters. The summed E-state index contributed by atoms with van der Waals surface area (Å²) in [6.45, 7) is 0. The molecular weight excluding hydrogens is 283 g/mol. The van der Waals surface area contributed by atoms with Crippen molar-refractivity contribution in [3.63, 3.8) is 0 Å². The number of hydrogen-bond donors (Lipinski definition) is 2. The monoisotopic (exact) mass is 292 g/mol. The van der Waals surface area contributed by atoms with E-state index in [1.54, 1.807) is 0 Å². The van der Waals surface area contributed by atoms with E-state index in [-0.39, 0.29) is 10.7 Å². The van der Waals surface area contributed by atoms with Crippen molar-refractivity contribution >= 4 is 33.2 Å². The number of primary amides is 1. The average molecular weight is 293 g/mol. The number of rotatable bonds is 4. The number of carbonyl (C=O) groups is 1. The van der Waals surface area contributed by atoms with Crippen molar-refractivity contribution < 1.29 is 17.6 Å². The highest BCUT2D eigenvalue weighted by Crippen LogP contribution is 2.32. The Hall–Kier alpha value is -1.34. The van der Waals surface area contributed by atoms with E-state index in [1.807, 2.05) is 0 Å². The Morgan fingerprint density at radius 3 is 2.56 bits per heavy atom. The van der Waals surface area contributed by atoms with Crippen LogP contribution in [0.3, 0.4) is 0 Å². The van der Waals surface area contributed by atoms with E-state index in [0.717, 1.165) is 12.1 Å². The number of benzene rings is 1. The van der Waals surface area contributed by atoms with Gasteiger partial charge in [-0.25, -0.2) is 12.8 Å². The van der Waals surface area contributed by atoms with Gasteiger partial charge in [-0.2, -0.15) is 0 Å². The fourth-order valence-corrected chi connectivity index (χ4v) is 3.12. The number of carbonyl (C=O) groups excluding carboxylic acids is 1. The van der Waals surface area contributed by atoms with Gasteiger partial charge in [0.1, 0.15) is 5.82 Å². The van der Waals surface area contributed by atoms with Crippen molar-refractivity contribution in [3.8, 4) is 0 Å². The largest absolute Gasteiger partial charge is 0.365 e. The Balaban J connectivity index is 2.46. The lowest BCUT2D eigenvalue weighted by molar-refractivity contribution is 0.0997. The molecule has 0 aromatic heterocycles. The van der Waals surface area contributed by atoms with Crippen LogP contribution in [0.25, 0.3) is 0 Å². The Morgan fingerprint density at radius 1 is 1.44 bits per heavy atom. The molecule has 1 saturated carbocycles. The third-order valence-electron chi connectivity index (χ3n) is 2.52. The molecule has 2 rings (SSSR count). The zero-order valence-corrected chi connectivity index (χ0v) is 10.7. The van der Waals surface area contributed by atoms with Crippen LogP contribution in [0.1, 0.15) is 23.2 Å². The summed E-state index contributed by atoms with van der Waals surface area (Å²) in [4.78, 5) is 11.1. The van der Waals surface area contributed by atoms with E-state index in [0.29, 0.717) is 12.8 Å². The second-order valence-electron chi connectivity index (χ2n) is 4.02. The highest BCUT2D eigenvalue weighted by molar-refractivity contribution is 7.93. The van der Waals surface area contributed by atoms with Crippen LogP contribution in [-0.4, -0.2) is 19.6 Å². The maximum atomic E-state index is 13.5. The molecular formula is C10H10ClFN2O3S. The fraction of sp³-hybridized carbons (Fsp3) is 0.300. The van der Waals surface area contributed by atoms with Crippen molar-refractivity contribution in [1.82, 2.24) is 0 Å². The number of sulfonamides is 1. The Morgan fingerprint density at radius 2 is 2.06 bits per heavy atom. The van der Waals surface area contributed by atoms with E-state index in [4.69, 9.17) is 17.3 Å². The molecule has 0 heterocycles. The van der Waals surface area contributed by atoms with Gasteiger partial charge in [-0.3, -0.25) is 9.52 Å². The third-order valence-corrected chi connectivity index (χ3v) is 4.59. The maximum absolute atomic E-state index is 13.5. The molecule has 1 aromatic rings. The van der Waals surface area contributed by atoms with Gasteiger partial charge in [0.05, 0.1) is 16.5 Å². The van der Waals surface area contributed by atoms with Crippen LogP contribution in [0.5, 0.6) is 0 Å². The van der Waals surface area contributed by atoms with Gasteiger partial charge in [0, 0.05) is 5.02 Å². The minimum Gasteiger partial charge on any atom is -0.365 e. The van der Waals surface area contributed by atoms with E-state index >= 15 is 0 Å². The Labute approximate surface area is 108 Å². The molecule has 1 amide bonds. The van der Waals surface area contributed by atoms with E-state index in [2.05, 4.69) is 4.72 Å². The van der Waals surface area contributed by atoms with Crippen LogP contribution in [0.2, 0.25) is 5.02 Å². The summed E-state index contributed by atoms with van der Waals surface area (Å²) in [7, 11) is -3.61. The number of anilines is 1. The topological polar surface area (TPSA) is 89.3 Å². The summed E-state index contributed by atoms with van der Waals surface area (Å²) in [5, 5.41) is -0.522. The van der Waals surface area contributed by atoms with Crippen LogP contribution in [0.4, 0.5) is 10.1 Å². The number of hydrogen-bond acceptors (Lipinski definition) is 3.